The second-order valence-electron chi connectivity index (χ2n) is 5.43. The quantitative estimate of drug-likeness (QED) is 0.369. The van der Waals surface area contributed by atoms with E-state index in [1.807, 2.05) is 0 Å². The van der Waals surface area contributed by atoms with E-state index >= 15 is 0 Å². The van der Waals surface area contributed by atoms with E-state index in [1.165, 1.54) is 28.3 Å². The predicted octanol–water partition coefficient (Wildman–Crippen LogP) is -1.54. The van der Waals surface area contributed by atoms with Crippen LogP contribution in [0, 0.1) is 5.92 Å². The van der Waals surface area contributed by atoms with Gasteiger partial charge in [0.1, 0.15) is 17.6 Å². The van der Waals surface area contributed by atoms with Gasteiger partial charge in [-0.15, -0.1) is 16.9 Å². The van der Waals surface area contributed by atoms with Crippen LogP contribution in [0.3, 0.4) is 0 Å². The van der Waals surface area contributed by atoms with Crippen molar-refractivity contribution in [2.45, 2.75) is 30.1 Å². The molecule has 0 bridgehead atoms. The van der Waals surface area contributed by atoms with Crippen LogP contribution in [0.4, 0.5) is 0 Å². The molecule has 25 heavy (non-hydrogen) atoms. The number of hydrogen-bond acceptors (Lipinski definition) is 9. The van der Waals surface area contributed by atoms with Crippen LogP contribution < -0.4 is 5.73 Å². The van der Waals surface area contributed by atoms with Crippen LogP contribution in [-0.2, 0) is 20.9 Å². The summed E-state index contributed by atoms with van der Waals surface area (Å²) in [5, 5.41) is 29.9. The molecule has 3 heterocycles. The average Bonchev–Trinajstić information content (AvgIpc) is 3.06. The number of fused-ring (bicyclic) bond motifs is 1. The molecule has 0 aromatic carbocycles. The van der Waals surface area contributed by atoms with E-state index in [2.05, 4.69) is 15.5 Å². The van der Waals surface area contributed by atoms with Crippen molar-refractivity contribution in [2.75, 3.05) is 5.75 Å². The maximum Gasteiger partial charge on any atom is 0.353 e. The summed E-state index contributed by atoms with van der Waals surface area (Å²) >= 11 is 2.37. The number of nitrogens with two attached hydrogens (primary N) is 1. The van der Waals surface area contributed by atoms with Crippen molar-refractivity contribution in [1.29, 1.82) is 0 Å². The highest BCUT2D eigenvalue weighted by atomic mass is 32.2. The van der Waals surface area contributed by atoms with Crippen molar-refractivity contribution in [3.8, 4) is 0 Å². The average molecular weight is 386 g/mol. The van der Waals surface area contributed by atoms with Gasteiger partial charge in [0.15, 0.2) is 0 Å². The van der Waals surface area contributed by atoms with Crippen LogP contribution in [0.5, 0.6) is 0 Å². The molecule has 1 saturated heterocycles. The summed E-state index contributed by atoms with van der Waals surface area (Å²) in [7, 11) is 0. The Kier molecular flexibility index (Phi) is 4.71. The fourth-order valence-corrected chi connectivity index (χ4v) is 5.22. The third kappa shape index (κ3) is 3.09. The Morgan fingerprint density at radius 3 is 2.80 bits per heavy atom. The highest BCUT2D eigenvalue weighted by Crippen LogP contribution is 2.51. The van der Waals surface area contributed by atoms with Crippen molar-refractivity contribution in [2.24, 2.45) is 11.7 Å². The number of β-lactam (4-membered cyclic amide) rings is 1. The summed E-state index contributed by atoms with van der Waals surface area (Å²) in [6, 6.07) is 0. The minimum Gasteiger partial charge on any atom is -0.477 e. The third-order valence-electron chi connectivity index (χ3n) is 3.71. The number of nitrogens with zero attached hydrogens (tertiary/aromatic N) is 5. The first-order valence-corrected chi connectivity index (χ1v) is 8.99. The van der Waals surface area contributed by atoms with Gasteiger partial charge >= 0.3 is 5.97 Å². The maximum absolute atomic E-state index is 12.1. The zero-order chi connectivity index (χ0) is 18.3. The van der Waals surface area contributed by atoms with Gasteiger partial charge in [-0.2, -0.15) is 0 Å². The van der Waals surface area contributed by atoms with Crippen molar-refractivity contribution < 1.29 is 24.6 Å². The molecular formula is C12H14N6O5S2. The second-order valence-corrected chi connectivity index (χ2v) is 7.59. The number of amides is 2. The zero-order valence-electron chi connectivity index (χ0n) is 12.9. The summed E-state index contributed by atoms with van der Waals surface area (Å²) in [5.41, 5.74) is 5.03. The molecule has 0 radical (unpaired) electrons. The van der Waals surface area contributed by atoms with Gasteiger partial charge in [-0.25, -0.2) is 9.48 Å². The lowest BCUT2D eigenvalue weighted by Gasteiger charge is -2.43. The van der Waals surface area contributed by atoms with Crippen molar-refractivity contribution >= 4 is 41.3 Å². The molecule has 4 N–H and O–H groups in total. The van der Waals surface area contributed by atoms with E-state index in [4.69, 9.17) is 5.73 Å². The topological polar surface area (TPSA) is 165 Å². The number of carboxylic acids is 1. The van der Waals surface area contributed by atoms with Crippen molar-refractivity contribution in [1.82, 2.24) is 25.1 Å². The van der Waals surface area contributed by atoms with E-state index < -0.39 is 35.2 Å². The monoisotopic (exact) mass is 386 g/mol. The molecule has 1 unspecified atom stereocenters. The van der Waals surface area contributed by atoms with E-state index in [0.29, 0.717) is 10.1 Å². The lowest BCUT2D eigenvalue weighted by molar-refractivity contribution is -0.156. The normalized spacial score (nSPS) is 23.4. The molecule has 13 heteroatoms. The predicted molar refractivity (Wildman–Crippen MR) is 85.8 cm³/mol. The molecule has 11 nitrogen and oxygen atoms in total. The minimum absolute atomic E-state index is 0.0849. The Morgan fingerprint density at radius 1 is 1.48 bits per heavy atom. The Hall–Kier alpha value is -2.12. The van der Waals surface area contributed by atoms with Crippen molar-refractivity contribution in [3.63, 3.8) is 0 Å². The van der Waals surface area contributed by atoms with Crippen molar-refractivity contribution in [3.05, 3.63) is 10.6 Å². The number of aromatic nitrogens is 4. The highest BCUT2D eigenvalue weighted by Gasteiger charge is 2.57. The summed E-state index contributed by atoms with van der Waals surface area (Å²) in [5.74, 6) is -2.63. The molecule has 2 amide bonds. The molecule has 0 aliphatic carbocycles. The smallest absolute Gasteiger partial charge is 0.353 e. The first-order valence-electron chi connectivity index (χ1n) is 7.12. The Morgan fingerprint density at radius 2 is 2.20 bits per heavy atom. The fraction of sp³-hybridized carbons (Fsp3) is 0.500. The zero-order valence-corrected chi connectivity index (χ0v) is 14.5. The van der Waals surface area contributed by atoms with E-state index in [0.717, 1.165) is 11.8 Å². The lowest BCUT2D eigenvalue weighted by Crippen LogP contribution is -2.60. The molecule has 1 fully saturated rings. The number of carbonyl (C=O) groups excluding carboxylic acids is 2. The van der Waals surface area contributed by atoms with E-state index in [1.54, 1.807) is 0 Å². The van der Waals surface area contributed by atoms with Crippen LogP contribution in [0.15, 0.2) is 15.8 Å². The third-order valence-corrected chi connectivity index (χ3v) is 6.25. The molecule has 0 saturated carbocycles. The first kappa shape index (κ1) is 17.7. The van der Waals surface area contributed by atoms with Gasteiger partial charge < -0.3 is 15.9 Å². The number of tetrazole rings is 1. The molecule has 134 valence electrons. The highest BCUT2D eigenvalue weighted by molar-refractivity contribution is 8.06. The number of thioether (sulfide) groups is 2. The standard InChI is InChI=1S/C12H14N6O5S2/c1-4(19)7-9(21)18-8(11(22)23)5(25-10(7)18)3-24-12-14-15-16-17(12)2-6(13)20/h4,7,10,19H,2-3H2,1H3,(H2,13,20)(H,22,23)/t4?,7-,10-/m1/s1. The van der Waals surface area contributed by atoms with Crippen LogP contribution in [0.2, 0.25) is 0 Å². The van der Waals surface area contributed by atoms with Gasteiger partial charge in [0.25, 0.3) is 0 Å². The van der Waals surface area contributed by atoms with Gasteiger partial charge in [0.2, 0.25) is 17.0 Å². The van der Waals surface area contributed by atoms with Gasteiger partial charge in [-0.05, 0) is 17.4 Å². The second kappa shape index (κ2) is 6.65. The summed E-state index contributed by atoms with van der Waals surface area (Å²) in [6.45, 7) is 1.32. The summed E-state index contributed by atoms with van der Waals surface area (Å²) in [6.07, 6.45) is -0.855. The van der Waals surface area contributed by atoms with Crippen LogP contribution >= 0.6 is 23.5 Å². The Balaban J connectivity index is 1.76. The lowest BCUT2D eigenvalue weighted by atomic mass is 9.92. The molecule has 1 aromatic heterocycles. The Labute approximate surface area is 149 Å². The van der Waals surface area contributed by atoms with Crippen LogP contribution in [0.25, 0.3) is 0 Å². The van der Waals surface area contributed by atoms with Gasteiger partial charge in [-0.1, -0.05) is 11.8 Å². The number of aliphatic hydroxyl groups excluding tert-OH is 1. The number of primary amides is 1. The first-order chi connectivity index (χ1) is 11.8. The number of aliphatic carboxylic acids is 1. The SMILES string of the molecule is CC(O)[C@@H]1C(=O)N2C(C(=O)O)=C(CSc3nnnn3CC(N)=O)S[C@H]12. The number of carbonyl (C=O) groups is 3. The number of rotatable bonds is 7. The van der Waals surface area contributed by atoms with E-state index in [9.17, 15) is 24.6 Å². The molecule has 0 spiro atoms. The molecular weight excluding hydrogens is 372 g/mol. The van der Waals surface area contributed by atoms with Gasteiger partial charge in [0, 0.05) is 10.7 Å². The minimum atomic E-state index is -1.21. The van der Waals surface area contributed by atoms with E-state index in [-0.39, 0.29) is 18.0 Å². The molecule has 2 aliphatic rings. The van der Waals surface area contributed by atoms with Crippen LogP contribution in [-0.4, -0.2) is 70.3 Å². The summed E-state index contributed by atoms with van der Waals surface area (Å²) in [4.78, 5) is 36.3. The number of hydrogen-bond donors (Lipinski definition) is 3. The number of aliphatic hydroxyl groups is 1. The fourth-order valence-electron chi connectivity index (χ4n) is 2.63. The molecule has 3 rings (SSSR count). The molecule has 3 atom stereocenters. The molecule has 2 aliphatic heterocycles. The Bertz CT molecular complexity index is 778. The largest absolute Gasteiger partial charge is 0.477 e. The van der Waals surface area contributed by atoms with Crippen LogP contribution in [0.1, 0.15) is 6.92 Å². The maximum atomic E-state index is 12.1. The number of carboxylic acid groups (broad SMARTS) is 1. The van der Waals surface area contributed by atoms with Gasteiger partial charge in [0.05, 0.1) is 12.0 Å². The summed E-state index contributed by atoms with van der Waals surface area (Å²) < 4.78 is 1.21. The molecule has 1 aromatic rings. The van der Waals surface area contributed by atoms with Gasteiger partial charge in [-0.3, -0.25) is 14.5 Å².